The first-order valence-corrected chi connectivity index (χ1v) is 6.91. The van der Waals surface area contributed by atoms with Gasteiger partial charge in [-0.2, -0.15) is 0 Å². The highest BCUT2D eigenvalue weighted by atomic mass is 16.5. The molecule has 5 nitrogen and oxygen atoms in total. The van der Waals surface area contributed by atoms with E-state index in [2.05, 4.69) is 11.8 Å². The van der Waals surface area contributed by atoms with Gasteiger partial charge in [0.05, 0.1) is 25.4 Å². The number of β-amino-alcohol motifs (C(OH)–C–C–N with tert-alkyl or cyclic N) is 1. The van der Waals surface area contributed by atoms with Crippen LogP contribution in [-0.2, 0) is 0 Å². The summed E-state index contributed by atoms with van der Waals surface area (Å²) in [4.78, 5) is 14.0. The Bertz CT molecular complexity index is 573. The van der Waals surface area contributed by atoms with Gasteiger partial charge in [-0.15, -0.1) is 0 Å². The molecule has 1 heterocycles. The Labute approximate surface area is 124 Å². The number of ether oxygens (including phenoxy) is 1. The maximum Gasteiger partial charge on any atom is 0.253 e. The molecule has 1 saturated heterocycles. The average Bonchev–Trinajstić information content (AvgIpc) is 2.93. The molecular weight excluding hydrogens is 270 g/mol. The van der Waals surface area contributed by atoms with Crippen LogP contribution in [-0.4, -0.2) is 53.9 Å². The van der Waals surface area contributed by atoms with Gasteiger partial charge in [-0.3, -0.25) is 4.79 Å². The van der Waals surface area contributed by atoms with Gasteiger partial charge < -0.3 is 19.8 Å². The van der Waals surface area contributed by atoms with Crippen LogP contribution in [0.2, 0.25) is 0 Å². The molecule has 1 fully saturated rings. The number of aliphatic hydroxyl groups excluding tert-OH is 2. The first-order chi connectivity index (χ1) is 10.2. The third kappa shape index (κ3) is 3.75. The van der Waals surface area contributed by atoms with Gasteiger partial charge in [0, 0.05) is 25.1 Å². The summed E-state index contributed by atoms with van der Waals surface area (Å²) in [5, 5.41) is 18.3. The van der Waals surface area contributed by atoms with Gasteiger partial charge in [-0.1, -0.05) is 11.8 Å². The van der Waals surface area contributed by atoms with Crippen LogP contribution in [0.1, 0.15) is 28.8 Å². The summed E-state index contributed by atoms with van der Waals surface area (Å²) in [5.74, 6) is 6.21. The lowest BCUT2D eigenvalue weighted by Gasteiger charge is -2.16. The predicted octanol–water partition coefficient (Wildman–Crippen LogP) is 0.636. The molecule has 112 valence electrons. The number of carbonyl (C=O) groups is 1. The van der Waals surface area contributed by atoms with Gasteiger partial charge >= 0.3 is 0 Å². The Balaban J connectivity index is 2.23. The number of hydrogen-bond donors (Lipinski definition) is 2. The first kappa shape index (κ1) is 15.4. The standard InChI is InChI=1S/C16H19NO4/c1-21-15-6-5-13(10-12(15)4-2-3-9-18)16(20)17-8-7-14(19)11-17/h5-6,10,14,18-19H,3,7-9,11H2,1H3. The fourth-order valence-electron chi connectivity index (χ4n) is 2.26. The summed E-state index contributed by atoms with van der Waals surface area (Å²) in [6.45, 7) is 0.938. The monoisotopic (exact) mass is 289 g/mol. The fraction of sp³-hybridized carbons (Fsp3) is 0.438. The Hall–Kier alpha value is -2.03. The maximum absolute atomic E-state index is 12.4. The number of benzene rings is 1. The van der Waals surface area contributed by atoms with Gasteiger partial charge in [0.25, 0.3) is 5.91 Å². The number of carbonyl (C=O) groups excluding carboxylic acids is 1. The molecule has 1 aliphatic heterocycles. The van der Waals surface area contributed by atoms with Crippen LogP contribution in [0.3, 0.4) is 0 Å². The summed E-state index contributed by atoms with van der Waals surface area (Å²) in [6, 6.07) is 5.10. The van der Waals surface area contributed by atoms with Crippen molar-refractivity contribution < 1.29 is 19.7 Å². The SMILES string of the molecule is COc1ccc(C(=O)N2CCC(O)C2)cc1C#CCCO. The molecule has 1 amide bonds. The van der Waals surface area contributed by atoms with E-state index in [0.717, 1.165) is 0 Å². The lowest BCUT2D eigenvalue weighted by Crippen LogP contribution is -2.29. The molecule has 5 heteroatoms. The highest BCUT2D eigenvalue weighted by molar-refractivity contribution is 5.95. The quantitative estimate of drug-likeness (QED) is 0.801. The van der Waals surface area contributed by atoms with Crippen molar-refractivity contribution in [2.24, 2.45) is 0 Å². The summed E-state index contributed by atoms with van der Waals surface area (Å²) >= 11 is 0. The van der Waals surface area contributed by atoms with Crippen LogP contribution in [0.25, 0.3) is 0 Å². The first-order valence-electron chi connectivity index (χ1n) is 6.91. The molecular formula is C16H19NO4. The van der Waals surface area contributed by atoms with Gasteiger partial charge in [0.2, 0.25) is 0 Å². The highest BCUT2D eigenvalue weighted by Gasteiger charge is 2.25. The molecule has 0 saturated carbocycles. The van der Waals surface area contributed by atoms with Crippen LogP contribution in [0, 0.1) is 11.8 Å². The van der Waals surface area contributed by atoms with Gasteiger partial charge in [0.1, 0.15) is 5.75 Å². The van der Waals surface area contributed by atoms with Crippen LogP contribution in [0.4, 0.5) is 0 Å². The predicted molar refractivity (Wildman–Crippen MR) is 78.1 cm³/mol. The highest BCUT2D eigenvalue weighted by Crippen LogP contribution is 2.21. The number of amides is 1. The summed E-state index contributed by atoms with van der Waals surface area (Å²) < 4.78 is 5.22. The second-order valence-electron chi connectivity index (χ2n) is 4.88. The van der Waals surface area contributed by atoms with E-state index < -0.39 is 6.10 Å². The van der Waals surface area contributed by atoms with Gasteiger partial charge in [-0.05, 0) is 24.6 Å². The lowest BCUT2D eigenvalue weighted by molar-refractivity contribution is 0.0765. The van der Waals surface area contributed by atoms with Crippen LogP contribution in [0.5, 0.6) is 5.75 Å². The molecule has 1 aromatic carbocycles. The molecule has 0 aliphatic carbocycles. The molecule has 1 aromatic rings. The zero-order valence-corrected chi connectivity index (χ0v) is 12.0. The molecule has 1 unspecified atom stereocenters. The number of methoxy groups -OCH3 is 1. The minimum Gasteiger partial charge on any atom is -0.495 e. The average molecular weight is 289 g/mol. The third-order valence-electron chi connectivity index (χ3n) is 3.36. The molecule has 0 spiro atoms. The third-order valence-corrected chi connectivity index (χ3v) is 3.36. The van der Waals surface area contributed by atoms with Crippen LogP contribution in [0.15, 0.2) is 18.2 Å². The number of aliphatic hydroxyl groups is 2. The molecule has 0 radical (unpaired) electrons. The minimum absolute atomic E-state index is 0.000394. The van der Waals surface area contributed by atoms with Crippen molar-refractivity contribution in [2.75, 3.05) is 26.8 Å². The molecule has 21 heavy (non-hydrogen) atoms. The van der Waals surface area contributed by atoms with Crippen molar-refractivity contribution in [3.63, 3.8) is 0 Å². The van der Waals surface area contributed by atoms with E-state index in [1.165, 1.54) is 0 Å². The maximum atomic E-state index is 12.4. The summed E-state index contributed by atoms with van der Waals surface area (Å²) in [7, 11) is 1.55. The van der Waals surface area contributed by atoms with Gasteiger partial charge in [0.15, 0.2) is 0 Å². The van der Waals surface area contributed by atoms with E-state index in [1.807, 2.05) is 0 Å². The van der Waals surface area contributed by atoms with E-state index in [1.54, 1.807) is 30.2 Å². The zero-order chi connectivity index (χ0) is 15.2. The second kappa shape index (κ2) is 7.11. The smallest absolute Gasteiger partial charge is 0.253 e. The van der Waals surface area contributed by atoms with Crippen molar-refractivity contribution in [1.82, 2.24) is 4.90 Å². The Morgan fingerprint density at radius 3 is 2.95 bits per heavy atom. The number of rotatable bonds is 3. The van der Waals surface area contributed by atoms with E-state index in [4.69, 9.17) is 9.84 Å². The van der Waals surface area contributed by atoms with E-state index in [-0.39, 0.29) is 12.5 Å². The largest absolute Gasteiger partial charge is 0.495 e. The van der Waals surface area contributed by atoms with E-state index in [9.17, 15) is 9.90 Å². The minimum atomic E-state index is -0.434. The van der Waals surface area contributed by atoms with E-state index >= 15 is 0 Å². The Kier molecular flexibility index (Phi) is 5.20. The topological polar surface area (TPSA) is 70.0 Å². The number of nitrogens with zero attached hydrogens (tertiary/aromatic N) is 1. The zero-order valence-electron chi connectivity index (χ0n) is 12.0. The van der Waals surface area contributed by atoms with Crippen molar-refractivity contribution in [3.8, 4) is 17.6 Å². The van der Waals surface area contributed by atoms with Crippen molar-refractivity contribution in [3.05, 3.63) is 29.3 Å². The molecule has 2 N–H and O–H groups in total. The van der Waals surface area contributed by atoms with Crippen molar-refractivity contribution in [1.29, 1.82) is 0 Å². The summed E-state index contributed by atoms with van der Waals surface area (Å²) in [6.07, 6.45) is 0.557. The second-order valence-corrected chi connectivity index (χ2v) is 4.88. The Morgan fingerprint density at radius 1 is 1.52 bits per heavy atom. The number of likely N-dealkylation sites (tertiary alicyclic amines) is 1. The van der Waals surface area contributed by atoms with Crippen LogP contribution < -0.4 is 4.74 Å². The number of hydrogen-bond acceptors (Lipinski definition) is 4. The lowest BCUT2D eigenvalue weighted by atomic mass is 10.1. The molecule has 0 aromatic heterocycles. The van der Waals surface area contributed by atoms with Crippen LogP contribution >= 0.6 is 0 Å². The fourth-order valence-corrected chi connectivity index (χ4v) is 2.26. The summed E-state index contributed by atoms with van der Waals surface area (Å²) in [5.41, 5.74) is 1.15. The van der Waals surface area contributed by atoms with Crippen molar-refractivity contribution in [2.45, 2.75) is 18.9 Å². The normalized spacial score (nSPS) is 17.3. The van der Waals surface area contributed by atoms with Crippen molar-refractivity contribution >= 4 is 5.91 Å². The Morgan fingerprint density at radius 2 is 2.33 bits per heavy atom. The molecule has 1 atom stereocenters. The van der Waals surface area contributed by atoms with E-state index in [0.29, 0.717) is 42.8 Å². The molecule has 2 rings (SSSR count). The molecule has 0 bridgehead atoms. The molecule has 1 aliphatic rings. The van der Waals surface area contributed by atoms with Gasteiger partial charge in [-0.25, -0.2) is 0 Å².